The molecule has 0 atom stereocenters. The van der Waals surface area contributed by atoms with Crippen molar-refractivity contribution >= 4 is 40.6 Å². The van der Waals surface area contributed by atoms with Gasteiger partial charge in [-0.1, -0.05) is 36.5 Å². The molecule has 0 fully saturated rings. The van der Waals surface area contributed by atoms with Crippen LogP contribution in [-0.4, -0.2) is 18.2 Å². The summed E-state index contributed by atoms with van der Waals surface area (Å²) in [6.45, 7) is 2.53. The third-order valence-electron chi connectivity index (χ3n) is 2.72. The maximum atomic E-state index is 11.8. The molecule has 0 bridgehead atoms. The first-order chi connectivity index (χ1) is 8.06. The van der Waals surface area contributed by atoms with Crippen molar-refractivity contribution in [2.24, 2.45) is 0 Å². The van der Waals surface area contributed by atoms with Crippen LogP contribution in [0.15, 0.2) is 12.1 Å². The average molecular weight is 272 g/mol. The van der Waals surface area contributed by atoms with E-state index in [2.05, 4.69) is 0 Å². The van der Waals surface area contributed by atoms with Gasteiger partial charge < -0.3 is 4.90 Å². The van der Waals surface area contributed by atoms with Crippen molar-refractivity contribution in [2.45, 2.75) is 19.8 Å². The lowest BCUT2D eigenvalue weighted by Gasteiger charge is -2.17. The second-order valence-corrected chi connectivity index (χ2v) is 4.77. The Labute approximate surface area is 109 Å². The highest BCUT2D eigenvalue weighted by atomic mass is 35.5. The van der Waals surface area contributed by atoms with Crippen molar-refractivity contribution in [1.82, 2.24) is 0 Å². The van der Waals surface area contributed by atoms with Gasteiger partial charge in [-0.2, -0.15) is 0 Å². The van der Waals surface area contributed by atoms with Crippen LogP contribution in [0.5, 0.6) is 0 Å². The van der Waals surface area contributed by atoms with Crippen molar-refractivity contribution in [1.29, 1.82) is 0 Å². The predicted octanol–water partition coefficient (Wildman–Crippen LogP) is 3.32. The maximum Gasteiger partial charge on any atom is 0.299 e. The fraction of sp³-hybridized carbons (Fsp3) is 0.333. The first-order valence-corrected chi connectivity index (χ1v) is 6.17. The molecule has 1 aromatic rings. The highest BCUT2D eigenvalue weighted by Gasteiger charge is 2.37. The summed E-state index contributed by atoms with van der Waals surface area (Å²) in [5.41, 5.74) is 0.808. The maximum absolute atomic E-state index is 11.8. The molecule has 90 valence electrons. The normalized spacial score (nSPS) is 14.4. The van der Waals surface area contributed by atoms with Crippen LogP contribution in [0.3, 0.4) is 0 Å². The zero-order valence-corrected chi connectivity index (χ0v) is 10.8. The van der Waals surface area contributed by atoms with Crippen molar-refractivity contribution < 1.29 is 9.59 Å². The van der Waals surface area contributed by atoms with E-state index >= 15 is 0 Å². The third kappa shape index (κ3) is 2.05. The molecule has 0 N–H and O–H groups in total. The van der Waals surface area contributed by atoms with Gasteiger partial charge in [0.05, 0.1) is 16.3 Å². The van der Waals surface area contributed by atoms with Crippen LogP contribution in [-0.2, 0) is 4.79 Å². The number of amides is 1. The Hall–Kier alpha value is -1.06. The van der Waals surface area contributed by atoms with Gasteiger partial charge in [0, 0.05) is 11.6 Å². The summed E-state index contributed by atoms with van der Waals surface area (Å²) in [5.74, 6) is -1.04. The number of carbonyl (C=O) groups excluding carboxylic acids is 2. The number of carbonyl (C=O) groups is 2. The molecular formula is C12H11Cl2NO2. The molecule has 1 aliphatic rings. The van der Waals surface area contributed by atoms with E-state index in [1.807, 2.05) is 6.92 Å². The van der Waals surface area contributed by atoms with E-state index in [-0.39, 0.29) is 0 Å². The number of hydrogen-bond acceptors (Lipinski definition) is 2. The van der Waals surface area contributed by atoms with Gasteiger partial charge in [0.1, 0.15) is 0 Å². The number of benzene rings is 1. The monoisotopic (exact) mass is 271 g/mol. The number of nitrogens with zero attached hydrogens (tertiary/aromatic N) is 1. The van der Waals surface area contributed by atoms with Crippen LogP contribution in [0, 0.1) is 0 Å². The number of fused-ring (bicyclic) bond motifs is 1. The summed E-state index contributed by atoms with van der Waals surface area (Å²) in [4.78, 5) is 25.0. The molecule has 0 unspecified atom stereocenters. The van der Waals surface area contributed by atoms with Crippen LogP contribution in [0.1, 0.15) is 30.1 Å². The molecule has 0 aromatic heterocycles. The van der Waals surface area contributed by atoms with Crippen LogP contribution in [0.2, 0.25) is 10.0 Å². The largest absolute Gasteiger partial charge is 0.303 e. The van der Waals surface area contributed by atoms with E-state index in [1.54, 1.807) is 6.07 Å². The zero-order valence-electron chi connectivity index (χ0n) is 9.30. The number of halogens is 2. The smallest absolute Gasteiger partial charge is 0.299 e. The Morgan fingerprint density at radius 2 is 1.94 bits per heavy atom. The third-order valence-corrected chi connectivity index (χ3v) is 3.22. The minimum Gasteiger partial charge on any atom is -0.303 e. The Morgan fingerprint density at radius 1 is 1.24 bits per heavy atom. The molecule has 0 saturated carbocycles. The second-order valence-electron chi connectivity index (χ2n) is 3.92. The standard InChI is InChI=1S/C12H11Cl2NO2/c1-2-3-4-15-10-8(11(16)12(15)17)5-7(13)6-9(10)14/h5-6H,2-4H2,1H3. The molecule has 1 aliphatic heterocycles. The number of Topliss-reactive ketones (excluding diaryl/α,β-unsaturated/α-hetero) is 1. The van der Waals surface area contributed by atoms with Gasteiger partial charge in [0.25, 0.3) is 11.7 Å². The van der Waals surface area contributed by atoms with E-state index in [4.69, 9.17) is 23.2 Å². The topological polar surface area (TPSA) is 37.4 Å². The van der Waals surface area contributed by atoms with Crippen LogP contribution in [0.4, 0.5) is 5.69 Å². The highest BCUT2D eigenvalue weighted by Crippen LogP contribution is 2.38. The molecule has 17 heavy (non-hydrogen) atoms. The zero-order chi connectivity index (χ0) is 12.6. The lowest BCUT2D eigenvalue weighted by molar-refractivity contribution is -0.114. The van der Waals surface area contributed by atoms with Gasteiger partial charge in [-0.15, -0.1) is 0 Å². The van der Waals surface area contributed by atoms with E-state index in [9.17, 15) is 9.59 Å². The molecule has 1 heterocycles. The molecule has 2 rings (SSSR count). The second kappa shape index (κ2) is 4.67. The average Bonchev–Trinajstić information content (AvgIpc) is 2.51. The van der Waals surface area contributed by atoms with E-state index in [1.165, 1.54) is 11.0 Å². The lowest BCUT2D eigenvalue weighted by atomic mass is 10.1. The van der Waals surface area contributed by atoms with Crippen molar-refractivity contribution in [3.8, 4) is 0 Å². The first-order valence-electron chi connectivity index (χ1n) is 5.41. The molecular weight excluding hydrogens is 261 g/mol. The minimum atomic E-state index is -0.527. The summed E-state index contributed by atoms with van der Waals surface area (Å²) < 4.78 is 0. The number of anilines is 1. The van der Waals surface area contributed by atoms with Gasteiger partial charge in [0.2, 0.25) is 0 Å². The van der Waals surface area contributed by atoms with E-state index in [0.29, 0.717) is 27.8 Å². The van der Waals surface area contributed by atoms with E-state index in [0.717, 1.165) is 12.8 Å². The number of hydrogen-bond donors (Lipinski definition) is 0. The molecule has 3 nitrogen and oxygen atoms in total. The summed E-state index contributed by atoms with van der Waals surface area (Å²) in [7, 11) is 0. The molecule has 0 spiro atoms. The summed E-state index contributed by atoms with van der Waals surface area (Å²) in [6, 6.07) is 3.04. The molecule has 0 saturated heterocycles. The highest BCUT2D eigenvalue weighted by molar-refractivity contribution is 6.54. The molecule has 0 radical (unpaired) electrons. The SMILES string of the molecule is CCCCN1C(=O)C(=O)c2cc(Cl)cc(Cl)c21. The Bertz CT molecular complexity index is 500. The van der Waals surface area contributed by atoms with Gasteiger partial charge in [-0.05, 0) is 18.6 Å². The Morgan fingerprint density at radius 3 is 2.59 bits per heavy atom. The Kier molecular flexibility index (Phi) is 3.40. The number of unbranched alkanes of at least 4 members (excludes halogenated alkanes) is 1. The van der Waals surface area contributed by atoms with Gasteiger partial charge in [0.15, 0.2) is 0 Å². The molecule has 1 aromatic carbocycles. The van der Waals surface area contributed by atoms with E-state index < -0.39 is 11.7 Å². The summed E-state index contributed by atoms with van der Waals surface area (Å²) in [6.07, 6.45) is 1.77. The summed E-state index contributed by atoms with van der Waals surface area (Å²) in [5, 5.41) is 0.718. The molecule has 0 aliphatic carbocycles. The quantitative estimate of drug-likeness (QED) is 0.791. The van der Waals surface area contributed by atoms with Crippen LogP contribution in [0.25, 0.3) is 0 Å². The minimum absolute atomic E-state index is 0.309. The predicted molar refractivity (Wildman–Crippen MR) is 68.1 cm³/mol. The molecule has 1 amide bonds. The Balaban J connectivity index is 2.48. The van der Waals surface area contributed by atoms with Gasteiger partial charge in [-0.3, -0.25) is 9.59 Å². The molecule has 5 heteroatoms. The van der Waals surface area contributed by atoms with Crippen molar-refractivity contribution in [2.75, 3.05) is 11.4 Å². The van der Waals surface area contributed by atoms with Gasteiger partial charge in [-0.25, -0.2) is 0 Å². The first kappa shape index (κ1) is 12.4. The fourth-order valence-electron chi connectivity index (χ4n) is 1.88. The lowest BCUT2D eigenvalue weighted by Crippen LogP contribution is -2.30. The van der Waals surface area contributed by atoms with Gasteiger partial charge >= 0.3 is 0 Å². The summed E-state index contributed by atoms with van der Waals surface area (Å²) >= 11 is 11.9. The van der Waals surface area contributed by atoms with Crippen molar-refractivity contribution in [3.63, 3.8) is 0 Å². The van der Waals surface area contributed by atoms with Crippen LogP contribution >= 0.6 is 23.2 Å². The van der Waals surface area contributed by atoms with Crippen molar-refractivity contribution in [3.05, 3.63) is 27.7 Å². The number of rotatable bonds is 3. The number of ketones is 1. The fourth-order valence-corrected chi connectivity index (χ4v) is 2.48. The van der Waals surface area contributed by atoms with Crippen LogP contribution < -0.4 is 4.90 Å².